The van der Waals surface area contributed by atoms with Gasteiger partial charge in [-0.3, -0.25) is 4.79 Å². The van der Waals surface area contributed by atoms with E-state index in [4.69, 9.17) is 0 Å². The zero-order chi connectivity index (χ0) is 14.1. The van der Waals surface area contributed by atoms with Crippen LogP contribution in [-0.4, -0.2) is 14.9 Å². The maximum atomic E-state index is 12.2. The topological polar surface area (TPSA) is 55.1 Å². The lowest BCUT2D eigenvalue weighted by Crippen LogP contribution is -2.35. The van der Waals surface area contributed by atoms with Crippen molar-refractivity contribution >= 4 is 0 Å². The number of nitrogens with zero attached hydrogens (tertiary/aromatic N) is 2. The molecule has 0 radical (unpaired) electrons. The first-order valence-electron chi connectivity index (χ1n) is 6.43. The van der Waals surface area contributed by atoms with Crippen molar-refractivity contribution in [2.75, 3.05) is 0 Å². The third-order valence-corrected chi connectivity index (χ3v) is 2.84. The molecule has 1 rings (SSSR count). The average Bonchev–Trinajstić information content (AvgIpc) is 2.17. The van der Waals surface area contributed by atoms with Crippen LogP contribution in [0.2, 0.25) is 0 Å². The highest BCUT2D eigenvalue weighted by molar-refractivity contribution is 5.23. The van der Waals surface area contributed by atoms with E-state index in [1.807, 2.05) is 27.7 Å². The molecule has 4 nitrogen and oxygen atoms in total. The highest BCUT2D eigenvalue weighted by Gasteiger charge is 2.26. The van der Waals surface area contributed by atoms with Crippen LogP contribution >= 0.6 is 0 Å². The van der Waals surface area contributed by atoms with Crippen molar-refractivity contribution < 1.29 is 5.11 Å². The molecule has 0 bridgehead atoms. The van der Waals surface area contributed by atoms with Crippen LogP contribution in [0.15, 0.2) is 10.9 Å². The number of hydrogen-bond donors (Lipinski definition) is 1. The summed E-state index contributed by atoms with van der Waals surface area (Å²) in [7, 11) is 0. The van der Waals surface area contributed by atoms with E-state index in [1.165, 1.54) is 4.68 Å². The minimum Gasteiger partial charge on any atom is -0.386 e. The van der Waals surface area contributed by atoms with Gasteiger partial charge in [-0.05, 0) is 26.3 Å². The third kappa shape index (κ3) is 3.19. The summed E-state index contributed by atoms with van der Waals surface area (Å²) < 4.78 is 1.47. The van der Waals surface area contributed by atoms with Gasteiger partial charge in [0.15, 0.2) is 0 Å². The molecule has 0 unspecified atom stereocenters. The summed E-state index contributed by atoms with van der Waals surface area (Å²) in [5, 5.41) is 14.5. The maximum absolute atomic E-state index is 12.2. The summed E-state index contributed by atoms with van der Waals surface area (Å²) in [6, 6.07) is 1.73. The lowest BCUT2D eigenvalue weighted by molar-refractivity contribution is 0.0758. The van der Waals surface area contributed by atoms with Crippen LogP contribution in [-0.2, 0) is 17.6 Å². The fourth-order valence-electron chi connectivity index (χ4n) is 1.71. The summed E-state index contributed by atoms with van der Waals surface area (Å²) in [4.78, 5) is 12.2. The van der Waals surface area contributed by atoms with E-state index in [-0.39, 0.29) is 11.0 Å². The molecule has 0 amide bonds. The summed E-state index contributed by atoms with van der Waals surface area (Å²) in [6.07, 6.45) is 0.839. The predicted molar refractivity (Wildman–Crippen MR) is 72.7 cm³/mol. The second kappa shape index (κ2) is 4.84. The molecule has 0 aliphatic heterocycles. The Kier molecular flexibility index (Phi) is 4.01. The lowest BCUT2D eigenvalue weighted by Gasteiger charge is -2.24. The van der Waals surface area contributed by atoms with Gasteiger partial charge in [0.25, 0.3) is 5.56 Å². The van der Waals surface area contributed by atoms with Crippen LogP contribution in [0, 0.1) is 0 Å². The number of hydrogen-bond acceptors (Lipinski definition) is 3. The molecular weight excluding hydrogens is 228 g/mol. The van der Waals surface area contributed by atoms with Gasteiger partial charge in [0.05, 0.1) is 16.9 Å². The van der Waals surface area contributed by atoms with Crippen molar-refractivity contribution in [2.24, 2.45) is 0 Å². The number of aromatic nitrogens is 2. The molecule has 0 aliphatic rings. The minimum atomic E-state index is -1.14. The molecule has 0 fully saturated rings. The third-order valence-electron chi connectivity index (χ3n) is 2.84. The summed E-state index contributed by atoms with van der Waals surface area (Å²) in [6.45, 7) is 12.0. The fourth-order valence-corrected chi connectivity index (χ4v) is 1.71. The summed E-state index contributed by atoms with van der Waals surface area (Å²) in [5.74, 6) is 0. The van der Waals surface area contributed by atoms with Crippen LogP contribution < -0.4 is 5.56 Å². The normalized spacial score (nSPS) is 12.8. The predicted octanol–water partition coefficient (Wildman–Crippen LogP) is 2.18. The van der Waals surface area contributed by atoms with Gasteiger partial charge in [-0.15, -0.1) is 0 Å². The zero-order valence-electron chi connectivity index (χ0n) is 12.2. The van der Waals surface area contributed by atoms with Crippen molar-refractivity contribution in [1.29, 1.82) is 0 Å². The first kappa shape index (κ1) is 14.9. The van der Waals surface area contributed by atoms with Crippen molar-refractivity contribution in [3.63, 3.8) is 0 Å². The van der Waals surface area contributed by atoms with Crippen molar-refractivity contribution in [3.05, 3.63) is 27.7 Å². The van der Waals surface area contributed by atoms with Crippen LogP contribution in [0.3, 0.4) is 0 Å². The van der Waals surface area contributed by atoms with E-state index in [2.05, 4.69) is 5.10 Å². The smallest absolute Gasteiger partial charge is 0.272 e. The van der Waals surface area contributed by atoms with E-state index in [1.54, 1.807) is 19.9 Å². The molecule has 1 aromatic rings. The van der Waals surface area contributed by atoms with E-state index < -0.39 is 5.60 Å². The Morgan fingerprint density at radius 2 is 1.83 bits per heavy atom. The molecule has 0 aromatic carbocycles. The number of aliphatic hydroxyl groups is 1. The Labute approximate surface area is 109 Å². The van der Waals surface area contributed by atoms with E-state index >= 15 is 0 Å². The van der Waals surface area contributed by atoms with Crippen LogP contribution in [0.25, 0.3) is 0 Å². The Bertz CT molecular complexity index is 476. The summed E-state index contributed by atoms with van der Waals surface area (Å²) in [5.41, 5.74) is -0.250. The first-order chi connectivity index (χ1) is 8.07. The monoisotopic (exact) mass is 252 g/mol. The second-order valence-corrected chi connectivity index (χ2v) is 6.28. The molecular formula is C14H24N2O2. The average molecular weight is 252 g/mol. The molecule has 0 saturated carbocycles. The molecule has 0 spiro atoms. The van der Waals surface area contributed by atoms with Gasteiger partial charge in [-0.25, -0.2) is 4.68 Å². The van der Waals surface area contributed by atoms with Gasteiger partial charge in [-0.1, -0.05) is 27.7 Å². The first-order valence-corrected chi connectivity index (χ1v) is 6.43. The molecule has 0 aliphatic carbocycles. The van der Waals surface area contributed by atoms with Crippen LogP contribution in [0.5, 0.6) is 0 Å². The fraction of sp³-hybridized carbons (Fsp3) is 0.714. The van der Waals surface area contributed by atoms with E-state index in [0.29, 0.717) is 12.1 Å². The van der Waals surface area contributed by atoms with Gasteiger partial charge in [0.1, 0.15) is 0 Å². The maximum Gasteiger partial charge on any atom is 0.272 e. The molecule has 18 heavy (non-hydrogen) atoms. The lowest BCUT2D eigenvalue weighted by atomic mass is 9.89. The highest BCUT2D eigenvalue weighted by atomic mass is 16.3. The zero-order valence-corrected chi connectivity index (χ0v) is 12.2. The molecule has 1 heterocycles. The molecule has 0 saturated heterocycles. The molecule has 1 N–H and O–H groups in total. The Morgan fingerprint density at radius 3 is 2.22 bits per heavy atom. The standard InChI is InChI=1S/C14H24N2O2/c1-7-8-16-12(17)10(14(5,6)18)9-11(15-16)13(2,3)4/h9,18H,7-8H2,1-6H3. The van der Waals surface area contributed by atoms with Crippen LogP contribution in [0.1, 0.15) is 59.2 Å². The van der Waals surface area contributed by atoms with Gasteiger partial charge in [0.2, 0.25) is 0 Å². The van der Waals surface area contributed by atoms with Gasteiger partial charge in [-0.2, -0.15) is 5.10 Å². The number of aryl methyl sites for hydroxylation is 1. The van der Waals surface area contributed by atoms with Crippen molar-refractivity contribution in [1.82, 2.24) is 9.78 Å². The summed E-state index contributed by atoms with van der Waals surface area (Å²) >= 11 is 0. The van der Waals surface area contributed by atoms with Gasteiger partial charge in [0, 0.05) is 12.0 Å². The van der Waals surface area contributed by atoms with Crippen molar-refractivity contribution in [3.8, 4) is 0 Å². The molecule has 0 atom stereocenters. The molecule has 102 valence electrons. The highest BCUT2D eigenvalue weighted by Crippen LogP contribution is 2.23. The Hall–Kier alpha value is -1.16. The quantitative estimate of drug-likeness (QED) is 0.897. The molecule has 4 heteroatoms. The van der Waals surface area contributed by atoms with E-state index in [9.17, 15) is 9.90 Å². The van der Waals surface area contributed by atoms with Gasteiger partial charge < -0.3 is 5.11 Å². The van der Waals surface area contributed by atoms with Gasteiger partial charge >= 0.3 is 0 Å². The Morgan fingerprint density at radius 1 is 1.28 bits per heavy atom. The number of rotatable bonds is 3. The van der Waals surface area contributed by atoms with E-state index in [0.717, 1.165) is 12.1 Å². The second-order valence-electron chi connectivity index (χ2n) is 6.28. The van der Waals surface area contributed by atoms with Crippen LogP contribution in [0.4, 0.5) is 0 Å². The largest absolute Gasteiger partial charge is 0.386 e. The minimum absolute atomic E-state index is 0.150. The molecule has 1 aromatic heterocycles. The SMILES string of the molecule is CCCn1nc(C(C)(C)C)cc(C(C)(C)O)c1=O. The Balaban J connectivity index is 3.53. The van der Waals surface area contributed by atoms with Crippen molar-refractivity contribution in [2.45, 2.75) is 65.5 Å².